The summed E-state index contributed by atoms with van der Waals surface area (Å²) >= 11 is 0. The SMILES string of the molecule is CN(C)C(C)(C)COC(=O)NCCCCCCn1c(=O)n(CCCCCCOC#N)c(=O)n(CCCCCCOC#N)c1=O. The van der Waals surface area contributed by atoms with Crippen molar-refractivity contribution in [2.24, 2.45) is 0 Å². The first-order valence-electron chi connectivity index (χ1n) is 15.6. The lowest BCUT2D eigenvalue weighted by Crippen LogP contribution is -2.54. The van der Waals surface area contributed by atoms with Gasteiger partial charge in [-0.05, 0) is 79.3 Å². The zero-order valence-corrected chi connectivity index (χ0v) is 27.0. The number of nitrogens with zero attached hydrogens (tertiary/aromatic N) is 6. The van der Waals surface area contributed by atoms with Gasteiger partial charge in [0, 0.05) is 31.7 Å². The van der Waals surface area contributed by atoms with Gasteiger partial charge in [-0.25, -0.2) is 32.9 Å². The van der Waals surface area contributed by atoms with Crippen molar-refractivity contribution in [3.05, 3.63) is 31.5 Å². The van der Waals surface area contributed by atoms with Crippen LogP contribution < -0.4 is 22.4 Å². The lowest BCUT2D eigenvalue weighted by Gasteiger charge is -2.31. The molecule has 0 fully saturated rings. The van der Waals surface area contributed by atoms with E-state index in [1.54, 1.807) is 12.5 Å². The van der Waals surface area contributed by atoms with Gasteiger partial charge in [0.05, 0.1) is 0 Å². The number of alkyl carbamates (subject to hydrolysis) is 1. The Balaban J connectivity index is 2.71. The number of nitrogens with one attached hydrogen (secondary N) is 1. The first-order chi connectivity index (χ1) is 21.1. The number of aromatic nitrogens is 3. The maximum absolute atomic E-state index is 13.2. The van der Waals surface area contributed by atoms with E-state index in [0.29, 0.717) is 51.9 Å². The lowest BCUT2D eigenvalue weighted by atomic mass is 10.1. The Kier molecular flexibility index (Phi) is 19.0. The number of carbonyl (C=O) groups is 1. The molecule has 1 aromatic heterocycles. The fourth-order valence-electron chi connectivity index (χ4n) is 4.30. The summed E-state index contributed by atoms with van der Waals surface area (Å²) in [4.78, 5) is 53.5. The Morgan fingerprint density at radius 1 is 0.705 bits per heavy atom. The van der Waals surface area contributed by atoms with Gasteiger partial charge in [-0.2, -0.15) is 10.5 Å². The molecule has 0 aliphatic carbocycles. The molecule has 1 amide bonds. The van der Waals surface area contributed by atoms with Gasteiger partial charge >= 0.3 is 23.2 Å². The Morgan fingerprint density at radius 2 is 1.09 bits per heavy atom. The molecule has 1 heterocycles. The molecule has 14 nitrogen and oxygen atoms in total. The average molecular weight is 622 g/mol. The van der Waals surface area contributed by atoms with Crippen molar-refractivity contribution >= 4 is 6.09 Å². The third-order valence-corrected chi connectivity index (χ3v) is 7.62. The molecule has 14 heteroatoms. The van der Waals surface area contributed by atoms with Gasteiger partial charge in [-0.3, -0.25) is 0 Å². The summed E-state index contributed by atoms with van der Waals surface area (Å²) in [7, 11) is 3.85. The maximum atomic E-state index is 13.2. The van der Waals surface area contributed by atoms with Crippen LogP contribution in [0.1, 0.15) is 90.9 Å². The molecular formula is C30H51N7O7. The standard InChI is InChI=1S/C30H51N7O7/c1-30(2,34(3)4)23-44-26(38)33-17-11-5-6-12-18-35-27(39)36(19-13-7-9-15-21-42-24-31)29(41)37(28(35)40)20-14-8-10-16-22-43-25-32/h5-23H2,1-4H3,(H,33,38). The molecule has 0 unspecified atom stereocenters. The number of hydrogen-bond acceptors (Lipinski definition) is 10. The molecule has 0 aliphatic rings. The Morgan fingerprint density at radius 3 is 1.48 bits per heavy atom. The van der Waals surface area contributed by atoms with Gasteiger partial charge in [-0.15, -0.1) is 0 Å². The number of likely N-dealkylation sites (N-methyl/N-ethyl adjacent to an activating group) is 1. The first-order valence-corrected chi connectivity index (χ1v) is 15.6. The van der Waals surface area contributed by atoms with Gasteiger partial charge in [0.15, 0.2) is 0 Å². The second-order valence-corrected chi connectivity index (χ2v) is 11.6. The van der Waals surface area contributed by atoms with Crippen LogP contribution >= 0.6 is 0 Å². The third-order valence-electron chi connectivity index (χ3n) is 7.62. The van der Waals surface area contributed by atoms with Gasteiger partial charge in [0.25, 0.3) is 12.5 Å². The van der Waals surface area contributed by atoms with E-state index in [1.165, 1.54) is 0 Å². The van der Waals surface area contributed by atoms with Crippen molar-refractivity contribution in [2.45, 2.75) is 116 Å². The van der Waals surface area contributed by atoms with E-state index in [2.05, 4.69) is 14.8 Å². The third kappa shape index (κ3) is 14.6. The number of rotatable bonds is 24. The number of ether oxygens (including phenoxy) is 3. The molecule has 0 aromatic carbocycles. The van der Waals surface area contributed by atoms with E-state index in [-0.39, 0.29) is 31.8 Å². The second-order valence-electron chi connectivity index (χ2n) is 11.6. The molecule has 1 N–H and O–H groups in total. The quantitative estimate of drug-likeness (QED) is 0.134. The Bertz CT molecular complexity index is 1170. The summed E-state index contributed by atoms with van der Waals surface area (Å²) in [5.41, 5.74) is -2.05. The minimum Gasteiger partial charge on any atom is -0.448 e. The van der Waals surface area contributed by atoms with Crippen molar-refractivity contribution in [3.8, 4) is 12.5 Å². The molecule has 0 atom stereocenters. The van der Waals surface area contributed by atoms with E-state index in [9.17, 15) is 19.2 Å². The van der Waals surface area contributed by atoms with Crippen LogP contribution in [0.25, 0.3) is 0 Å². The second kappa shape index (κ2) is 21.8. The molecule has 0 aliphatic heterocycles. The molecule has 0 bridgehead atoms. The molecule has 0 saturated carbocycles. The van der Waals surface area contributed by atoms with Gasteiger partial charge in [0.2, 0.25) is 0 Å². The fraction of sp³-hybridized carbons (Fsp3) is 0.800. The molecule has 1 aromatic rings. The zero-order chi connectivity index (χ0) is 32.8. The number of amides is 1. The van der Waals surface area contributed by atoms with Gasteiger partial charge in [0.1, 0.15) is 19.8 Å². The molecule has 0 radical (unpaired) electrons. The van der Waals surface area contributed by atoms with E-state index in [1.807, 2.05) is 32.8 Å². The van der Waals surface area contributed by atoms with Crippen LogP contribution in [0.2, 0.25) is 0 Å². The summed E-state index contributed by atoms with van der Waals surface area (Å²) in [6, 6.07) is 0. The predicted molar refractivity (Wildman–Crippen MR) is 165 cm³/mol. The lowest BCUT2D eigenvalue weighted by molar-refractivity contribution is 0.0699. The van der Waals surface area contributed by atoms with Crippen molar-refractivity contribution in [1.29, 1.82) is 10.5 Å². The van der Waals surface area contributed by atoms with Crippen molar-refractivity contribution in [3.63, 3.8) is 0 Å². The normalized spacial score (nSPS) is 11.2. The van der Waals surface area contributed by atoms with Crippen LogP contribution in [0.15, 0.2) is 14.4 Å². The predicted octanol–water partition coefficient (Wildman–Crippen LogP) is 2.91. The van der Waals surface area contributed by atoms with Gasteiger partial charge in [-0.1, -0.05) is 25.7 Å². The Hall–Kier alpha value is -3.78. The molecule has 1 rings (SSSR count). The molecule has 44 heavy (non-hydrogen) atoms. The minimum absolute atomic E-state index is 0.198. The monoisotopic (exact) mass is 621 g/mol. The van der Waals surface area contributed by atoms with Crippen LogP contribution in [0.4, 0.5) is 4.79 Å². The van der Waals surface area contributed by atoms with E-state index in [0.717, 1.165) is 58.6 Å². The number of unbranched alkanes of at least 4 members (excludes halogenated alkanes) is 9. The largest absolute Gasteiger partial charge is 0.448 e. The van der Waals surface area contributed by atoms with Crippen LogP contribution in [-0.2, 0) is 33.8 Å². The minimum atomic E-state index is -0.595. The summed E-state index contributed by atoms with van der Waals surface area (Å²) in [5, 5.41) is 19.7. The fourth-order valence-corrected chi connectivity index (χ4v) is 4.30. The summed E-state index contributed by atoms with van der Waals surface area (Å²) in [5.74, 6) is 0. The highest BCUT2D eigenvalue weighted by atomic mass is 16.5. The molecule has 0 spiro atoms. The summed E-state index contributed by atoms with van der Waals surface area (Å²) in [6.45, 7) is 5.99. The first kappa shape index (κ1) is 38.2. The van der Waals surface area contributed by atoms with E-state index < -0.39 is 23.2 Å². The van der Waals surface area contributed by atoms with E-state index in [4.69, 9.17) is 15.3 Å². The molecule has 248 valence electrons. The number of carbonyl (C=O) groups excluding carboxylic acids is 1. The highest BCUT2D eigenvalue weighted by Crippen LogP contribution is 2.10. The highest BCUT2D eigenvalue weighted by molar-refractivity contribution is 5.67. The topological polar surface area (TPSA) is 174 Å². The van der Waals surface area contributed by atoms with E-state index >= 15 is 0 Å². The summed E-state index contributed by atoms with van der Waals surface area (Å²) in [6.07, 6.45) is 11.3. The number of nitriles is 2. The molecular weight excluding hydrogens is 570 g/mol. The van der Waals surface area contributed by atoms with Crippen LogP contribution in [0.3, 0.4) is 0 Å². The summed E-state index contributed by atoms with van der Waals surface area (Å²) < 4.78 is 18.1. The van der Waals surface area contributed by atoms with Crippen LogP contribution in [-0.4, -0.2) is 70.7 Å². The Labute approximate surface area is 260 Å². The maximum Gasteiger partial charge on any atom is 0.407 e. The molecule has 0 saturated heterocycles. The smallest absolute Gasteiger partial charge is 0.407 e. The van der Waals surface area contributed by atoms with Crippen LogP contribution in [0.5, 0.6) is 0 Å². The van der Waals surface area contributed by atoms with Crippen LogP contribution in [0, 0.1) is 23.0 Å². The van der Waals surface area contributed by atoms with Crippen molar-refractivity contribution < 1.29 is 19.0 Å². The zero-order valence-electron chi connectivity index (χ0n) is 27.0. The average Bonchev–Trinajstić information content (AvgIpc) is 2.99. The number of hydrogen-bond donors (Lipinski definition) is 1. The highest BCUT2D eigenvalue weighted by Gasteiger charge is 2.22. The van der Waals surface area contributed by atoms with Crippen molar-refractivity contribution in [1.82, 2.24) is 23.9 Å². The van der Waals surface area contributed by atoms with Gasteiger partial charge < -0.3 is 24.4 Å². The van der Waals surface area contributed by atoms with Crippen molar-refractivity contribution in [2.75, 3.05) is 40.5 Å².